The van der Waals surface area contributed by atoms with Crippen molar-refractivity contribution in [3.8, 4) is 0 Å². The molecule has 0 saturated heterocycles. The van der Waals surface area contributed by atoms with E-state index >= 15 is 0 Å². The Hall–Kier alpha value is -1.65. The Kier molecular flexibility index (Phi) is 17.0. The zero-order chi connectivity index (χ0) is 19.5. The normalized spacial score (nSPS) is 14.9. The van der Waals surface area contributed by atoms with Crippen LogP contribution >= 0.6 is 0 Å². The molecule has 0 bridgehead atoms. The summed E-state index contributed by atoms with van der Waals surface area (Å²) in [7, 11) is 0. The Morgan fingerprint density at radius 2 is 1.58 bits per heavy atom. The SMILES string of the molecule is CCCCCC(O)/C=C/C=C\C/C=C\C/C=C\CC(O)CCCC(=O)O. The minimum Gasteiger partial charge on any atom is -0.481 e. The van der Waals surface area contributed by atoms with Crippen LogP contribution in [-0.4, -0.2) is 33.5 Å². The number of carboxylic acids is 1. The van der Waals surface area contributed by atoms with Crippen LogP contribution in [0.4, 0.5) is 0 Å². The lowest BCUT2D eigenvalue weighted by molar-refractivity contribution is -0.137. The van der Waals surface area contributed by atoms with E-state index in [1.54, 1.807) is 0 Å². The number of carboxylic acid groups (broad SMARTS) is 1. The third kappa shape index (κ3) is 18.7. The molecule has 26 heavy (non-hydrogen) atoms. The summed E-state index contributed by atoms with van der Waals surface area (Å²) >= 11 is 0. The van der Waals surface area contributed by atoms with Crippen molar-refractivity contribution in [3.05, 3.63) is 48.6 Å². The van der Waals surface area contributed by atoms with Gasteiger partial charge in [-0.3, -0.25) is 4.79 Å². The molecule has 0 aliphatic carbocycles. The van der Waals surface area contributed by atoms with E-state index in [0.29, 0.717) is 19.3 Å². The predicted octanol–water partition coefficient (Wildman–Crippen LogP) is 4.94. The highest BCUT2D eigenvalue weighted by Gasteiger charge is 2.03. The molecule has 0 heterocycles. The molecular weight excluding hydrogens is 328 g/mol. The van der Waals surface area contributed by atoms with Crippen LogP contribution in [0.5, 0.6) is 0 Å². The van der Waals surface area contributed by atoms with E-state index in [-0.39, 0.29) is 12.5 Å². The van der Waals surface area contributed by atoms with Crippen LogP contribution in [0.25, 0.3) is 0 Å². The number of aliphatic hydroxyl groups excluding tert-OH is 2. The summed E-state index contributed by atoms with van der Waals surface area (Å²) in [6.45, 7) is 2.16. The van der Waals surface area contributed by atoms with Gasteiger partial charge in [0.05, 0.1) is 12.2 Å². The van der Waals surface area contributed by atoms with Crippen molar-refractivity contribution in [3.63, 3.8) is 0 Å². The second-order valence-corrected chi connectivity index (χ2v) is 6.47. The van der Waals surface area contributed by atoms with E-state index in [1.807, 2.05) is 36.5 Å². The number of allylic oxidation sites excluding steroid dienone is 6. The Morgan fingerprint density at radius 3 is 2.27 bits per heavy atom. The van der Waals surface area contributed by atoms with Crippen molar-refractivity contribution >= 4 is 5.97 Å². The summed E-state index contributed by atoms with van der Waals surface area (Å²) in [4.78, 5) is 10.4. The van der Waals surface area contributed by atoms with E-state index in [1.165, 1.54) is 12.8 Å². The molecule has 0 aromatic rings. The monoisotopic (exact) mass is 364 g/mol. The van der Waals surface area contributed by atoms with Crippen LogP contribution in [0.3, 0.4) is 0 Å². The van der Waals surface area contributed by atoms with Gasteiger partial charge in [0.2, 0.25) is 0 Å². The first-order chi connectivity index (χ1) is 12.6. The molecule has 0 rings (SSSR count). The third-order valence-corrected chi connectivity index (χ3v) is 3.90. The Balaban J connectivity index is 3.66. The fourth-order valence-corrected chi connectivity index (χ4v) is 2.36. The zero-order valence-electron chi connectivity index (χ0n) is 16.1. The van der Waals surface area contributed by atoms with Crippen LogP contribution < -0.4 is 0 Å². The Labute approximate surface area is 158 Å². The number of hydrogen-bond acceptors (Lipinski definition) is 3. The predicted molar refractivity (Wildman–Crippen MR) is 108 cm³/mol. The largest absolute Gasteiger partial charge is 0.481 e. The first kappa shape index (κ1) is 24.4. The molecule has 2 atom stereocenters. The van der Waals surface area contributed by atoms with Gasteiger partial charge in [-0.15, -0.1) is 0 Å². The molecule has 148 valence electrons. The second kappa shape index (κ2) is 18.2. The molecule has 0 radical (unpaired) electrons. The first-order valence-corrected chi connectivity index (χ1v) is 9.77. The van der Waals surface area contributed by atoms with Gasteiger partial charge in [-0.05, 0) is 38.5 Å². The van der Waals surface area contributed by atoms with E-state index in [0.717, 1.165) is 25.7 Å². The Morgan fingerprint density at radius 1 is 0.885 bits per heavy atom. The number of hydrogen-bond donors (Lipinski definition) is 3. The molecule has 0 spiro atoms. The van der Waals surface area contributed by atoms with Crippen LogP contribution in [-0.2, 0) is 4.79 Å². The van der Waals surface area contributed by atoms with Crippen LogP contribution in [0, 0.1) is 0 Å². The smallest absolute Gasteiger partial charge is 0.303 e. The zero-order valence-corrected chi connectivity index (χ0v) is 16.1. The van der Waals surface area contributed by atoms with E-state index < -0.39 is 12.1 Å². The van der Waals surface area contributed by atoms with Crippen LogP contribution in [0.15, 0.2) is 48.6 Å². The van der Waals surface area contributed by atoms with Gasteiger partial charge in [0.15, 0.2) is 0 Å². The molecule has 2 unspecified atom stereocenters. The number of aliphatic carboxylic acids is 1. The lowest BCUT2D eigenvalue weighted by Crippen LogP contribution is -2.06. The van der Waals surface area contributed by atoms with E-state index in [4.69, 9.17) is 5.11 Å². The maximum absolute atomic E-state index is 10.4. The van der Waals surface area contributed by atoms with Crippen molar-refractivity contribution in [1.29, 1.82) is 0 Å². The number of carbonyl (C=O) groups is 1. The molecule has 0 saturated carbocycles. The summed E-state index contributed by atoms with van der Waals surface area (Å²) in [5, 5.41) is 27.9. The topological polar surface area (TPSA) is 77.8 Å². The lowest BCUT2D eigenvalue weighted by atomic mass is 10.1. The van der Waals surface area contributed by atoms with E-state index in [2.05, 4.69) is 19.1 Å². The molecule has 0 fully saturated rings. The first-order valence-electron chi connectivity index (χ1n) is 9.77. The van der Waals surface area contributed by atoms with Gasteiger partial charge in [-0.25, -0.2) is 0 Å². The molecule has 3 N–H and O–H groups in total. The average Bonchev–Trinajstić information content (AvgIpc) is 2.59. The van der Waals surface area contributed by atoms with Gasteiger partial charge < -0.3 is 15.3 Å². The highest BCUT2D eigenvalue weighted by molar-refractivity contribution is 5.66. The fourth-order valence-electron chi connectivity index (χ4n) is 2.36. The highest BCUT2D eigenvalue weighted by atomic mass is 16.4. The Bertz CT molecular complexity index is 449. The average molecular weight is 365 g/mol. The van der Waals surface area contributed by atoms with Crippen molar-refractivity contribution < 1.29 is 20.1 Å². The van der Waals surface area contributed by atoms with Gasteiger partial charge in [0.1, 0.15) is 0 Å². The van der Waals surface area contributed by atoms with Gasteiger partial charge in [-0.2, -0.15) is 0 Å². The molecule has 0 aromatic heterocycles. The standard InChI is InChI=1S/C22H36O4/c1-2-3-11-15-20(23)16-12-9-7-5-4-6-8-10-13-17-21(24)18-14-19-22(25)26/h4,6-7,9-10,12-13,16,20-21,23-24H,2-3,5,8,11,14-15,17-19H2,1H3,(H,25,26)/b6-4-,9-7-,13-10-,16-12+. The minimum atomic E-state index is -0.814. The minimum absolute atomic E-state index is 0.115. The van der Waals surface area contributed by atoms with Crippen molar-refractivity contribution in [2.24, 2.45) is 0 Å². The quantitative estimate of drug-likeness (QED) is 0.206. The molecule has 0 aliphatic rings. The fraction of sp³-hybridized carbons (Fsp3) is 0.591. The molecule has 4 nitrogen and oxygen atoms in total. The van der Waals surface area contributed by atoms with Gasteiger partial charge in [0.25, 0.3) is 0 Å². The summed E-state index contributed by atoms with van der Waals surface area (Å²) < 4.78 is 0. The van der Waals surface area contributed by atoms with Crippen molar-refractivity contribution in [2.45, 2.75) is 83.3 Å². The maximum Gasteiger partial charge on any atom is 0.303 e. The number of rotatable bonds is 16. The summed E-state index contributed by atoms with van der Waals surface area (Å²) in [6.07, 6.45) is 22.7. The van der Waals surface area contributed by atoms with Gasteiger partial charge in [-0.1, -0.05) is 74.8 Å². The number of aliphatic hydroxyl groups is 2. The van der Waals surface area contributed by atoms with E-state index in [9.17, 15) is 15.0 Å². The number of unbranched alkanes of at least 4 members (excludes halogenated alkanes) is 2. The van der Waals surface area contributed by atoms with Gasteiger partial charge >= 0.3 is 5.97 Å². The lowest BCUT2D eigenvalue weighted by Gasteiger charge is -2.05. The maximum atomic E-state index is 10.4. The molecule has 0 aromatic carbocycles. The highest BCUT2D eigenvalue weighted by Crippen LogP contribution is 2.06. The molecular formula is C22H36O4. The summed E-state index contributed by atoms with van der Waals surface area (Å²) in [6, 6.07) is 0. The molecule has 0 aliphatic heterocycles. The van der Waals surface area contributed by atoms with Crippen LogP contribution in [0.1, 0.15) is 71.1 Å². The summed E-state index contributed by atoms with van der Waals surface area (Å²) in [5.41, 5.74) is 0. The van der Waals surface area contributed by atoms with Crippen molar-refractivity contribution in [2.75, 3.05) is 0 Å². The summed E-state index contributed by atoms with van der Waals surface area (Å²) in [5.74, 6) is -0.814. The molecule has 4 heteroatoms. The van der Waals surface area contributed by atoms with Crippen LogP contribution in [0.2, 0.25) is 0 Å². The van der Waals surface area contributed by atoms with Crippen molar-refractivity contribution in [1.82, 2.24) is 0 Å². The third-order valence-electron chi connectivity index (χ3n) is 3.90. The second-order valence-electron chi connectivity index (χ2n) is 6.47. The molecule has 0 amide bonds. The van der Waals surface area contributed by atoms with Gasteiger partial charge in [0, 0.05) is 6.42 Å².